The van der Waals surface area contributed by atoms with Gasteiger partial charge in [0, 0.05) is 11.4 Å². The maximum Gasteiger partial charge on any atom is 0.414 e. The van der Waals surface area contributed by atoms with Gasteiger partial charge in [0.1, 0.15) is 12.4 Å². The Morgan fingerprint density at radius 2 is 2.04 bits per heavy atom. The minimum atomic E-state index is -0.363. The van der Waals surface area contributed by atoms with E-state index in [0.717, 1.165) is 11.3 Å². The van der Waals surface area contributed by atoms with Gasteiger partial charge in [0.2, 0.25) is 5.91 Å². The van der Waals surface area contributed by atoms with Crippen LogP contribution < -0.4 is 15.0 Å². The van der Waals surface area contributed by atoms with Crippen LogP contribution in [-0.4, -0.2) is 31.8 Å². The van der Waals surface area contributed by atoms with Crippen molar-refractivity contribution in [3.8, 4) is 5.75 Å². The van der Waals surface area contributed by atoms with Crippen LogP contribution in [0.25, 0.3) is 0 Å². The molecule has 0 saturated carbocycles. The third-order valence-corrected chi connectivity index (χ3v) is 3.80. The number of hydrogen-bond donors (Lipinski definition) is 1. The normalized spacial score (nSPS) is 13.5. The molecule has 1 aliphatic heterocycles. The second-order valence-electron chi connectivity index (χ2n) is 5.62. The number of nitrogens with zero attached hydrogens (tertiary/aromatic N) is 1. The topological polar surface area (TPSA) is 67.9 Å². The molecule has 6 heteroatoms. The highest BCUT2D eigenvalue weighted by molar-refractivity contribution is 5.94. The Kier molecular flexibility index (Phi) is 5.18. The Labute approximate surface area is 146 Å². The molecule has 1 fully saturated rings. The Morgan fingerprint density at radius 1 is 1.24 bits per heavy atom. The summed E-state index contributed by atoms with van der Waals surface area (Å²) in [4.78, 5) is 25.4. The molecule has 0 atom stereocenters. The van der Waals surface area contributed by atoms with Gasteiger partial charge in [-0.3, -0.25) is 9.69 Å². The predicted octanol–water partition coefficient (Wildman–Crippen LogP) is 3.22. The molecule has 1 heterocycles. The molecule has 1 aliphatic rings. The average molecular weight is 340 g/mol. The molecule has 0 aromatic heterocycles. The fourth-order valence-electron chi connectivity index (χ4n) is 2.64. The lowest BCUT2D eigenvalue weighted by Gasteiger charge is -2.14. The van der Waals surface area contributed by atoms with Crippen molar-refractivity contribution in [1.29, 1.82) is 0 Å². The van der Waals surface area contributed by atoms with Gasteiger partial charge in [-0.15, -0.1) is 0 Å². The number of nitrogens with one attached hydrogen (secondary N) is 1. The molecule has 2 aromatic carbocycles. The summed E-state index contributed by atoms with van der Waals surface area (Å²) in [6.07, 6.45) is -0.0968. The van der Waals surface area contributed by atoms with Crippen LogP contribution in [0, 0.1) is 0 Å². The van der Waals surface area contributed by atoms with E-state index in [-0.39, 0.29) is 18.4 Å². The first-order chi connectivity index (χ1) is 12.2. The van der Waals surface area contributed by atoms with Gasteiger partial charge in [0.05, 0.1) is 19.6 Å². The largest absolute Gasteiger partial charge is 0.494 e. The van der Waals surface area contributed by atoms with Crippen molar-refractivity contribution in [2.45, 2.75) is 13.3 Å². The Morgan fingerprint density at radius 3 is 2.72 bits per heavy atom. The number of benzene rings is 2. The molecule has 2 amide bonds. The zero-order valence-electron chi connectivity index (χ0n) is 14.0. The number of rotatable bonds is 6. The molecule has 2 aromatic rings. The average Bonchev–Trinajstić information content (AvgIpc) is 3.03. The lowest BCUT2D eigenvalue weighted by Crippen LogP contribution is -2.23. The number of ether oxygens (including phenoxy) is 2. The van der Waals surface area contributed by atoms with Gasteiger partial charge in [0.15, 0.2) is 0 Å². The van der Waals surface area contributed by atoms with Crippen LogP contribution in [0.1, 0.15) is 12.5 Å². The summed E-state index contributed by atoms with van der Waals surface area (Å²) in [5, 5.41) is 2.86. The second kappa shape index (κ2) is 7.70. The zero-order chi connectivity index (χ0) is 17.6. The van der Waals surface area contributed by atoms with Crippen molar-refractivity contribution >= 4 is 23.4 Å². The summed E-state index contributed by atoms with van der Waals surface area (Å²) in [5.74, 6) is 0.669. The Balaban J connectivity index is 1.61. The molecule has 0 bridgehead atoms. The van der Waals surface area contributed by atoms with Gasteiger partial charge in [-0.05, 0) is 42.8 Å². The van der Waals surface area contributed by atoms with Crippen molar-refractivity contribution in [3.05, 3.63) is 54.1 Å². The van der Waals surface area contributed by atoms with Crippen molar-refractivity contribution < 1.29 is 19.1 Å². The van der Waals surface area contributed by atoms with Gasteiger partial charge in [0.25, 0.3) is 0 Å². The van der Waals surface area contributed by atoms with Crippen molar-refractivity contribution in [3.63, 3.8) is 0 Å². The summed E-state index contributed by atoms with van der Waals surface area (Å²) in [7, 11) is 0. The molecule has 1 N–H and O–H groups in total. The van der Waals surface area contributed by atoms with Gasteiger partial charge in [-0.1, -0.05) is 18.2 Å². The molecule has 0 spiro atoms. The first-order valence-electron chi connectivity index (χ1n) is 8.21. The van der Waals surface area contributed by atoms with E-state index in [1.807, 2.05) is 37.3 Å². The summed E-state index contributed by atoms with van der Waals surface area (Å²) < 4.78 is 10.3. The minimum Gasteiger partial charge on any atom is -0.494 e. The van der Waals surface area contributed by atoms with E-state index in [1.165, 1.54) is 0 Å². The lowest BCUT2D eigenvalue weighted by molar-refractivity contribution is -0.115. The summed E-state index contributed by atoms with van der Waals surface area (Å²) in [5.41, 5.74) is 2.26. The SMILES string of the molecule is CCOc1ccc(CC(=O)Nc2cccc(N3CCOC3=O)c2)cc1. The van der Waals surface area contributed by atoms with Gasteiger partial charge >= 0.3 is 6.09 Å². The number of carbonyl (C=O) groups is 2. The standard InChI is InChI=1S/C19H20N2O4/c1-2-24-17-8-6-14(7-9-17)12-18(22)20-15-4-3-5-16(13-15)21-10-11-25-19(21)23/h3-9,13H,2,10-12H2,1H3,(H,20,22). The summed E-state index contributed by atoms with van der Waals surface area (Å²) in [6, 6.07) is 14.6. The number of amides is 2. The highest BCUT2D eigenvalue weighted by Crippen LogP contribution is 2.22. The Bertz CT molecular complexity index is 758. The number of anilines is 2. The molecule has 6 nitrogen and oxygen atoms in total. The lowest BCUT2D eigenvalue weighted by atomic mass is 10.1. The fourth-order valence-corrected chi connectivity index (χ4v) is 2.64. The summed E-state index contributed by atoms with van der Waals surface area (Å²) in [6.45, 7) is 3.44. The van der Waals surface area contributed by atoms with E-state index >= 15 is 0 Å². The van der Waals surface area contributed by atoms with E-state index < -0.39 is 0 Å². The number of cyclic esters (lactones) is 1. The van der Waals surface area contributed by atoms with Crippen LogP contribution in [0.15, 0.2) is 48.5 Å². The van der Waals surface area contributed by atoms with Crippen LogP contribution in [0.5, 0.6) is 5.75 Å². The highest BCUT2D eigenvalue weighted by Gasteiger charge is 2.23. The maximum absolute atomic E-state index is 12.2. The fraction of sp³-hybridized carbons (Fsp3) is 0.263. The summed E-state index contributed by atoms with van der Waals surface area (Å²) >= 11 is 0. The number of carbonyl (C=O) groups excluding carboxylic acids is 2. The van der Waals surface area contributed by atoms with Crippen LogP contribution >= 0.6 is 0 Å². The monoisotopic (exact) mass is 340 g/mol. The molecule has 0 aliphatic carbocycles. The molecule has 1 saturated heterocycles. The van der Waals surface area contributed by atoms with Crippen LogP contribution in [0.3, 0.4) is 0 Å². The van der Waals surface area contributed by atoms with E-state index in [0.29, 0.717) is 31.1 Å². The van der Waals surface area contributed by atoms with Crippen LogP contribution in [-0.2, 0) is 16.0 Å². The second-order valence-corrected chi connectivity index (χ2v) is 5.62. The smallest absolute Gasteiger partial charge is 0.414 e. The molecule has 0 radical (unpaired) electrons. The minimum absolute atomic E-state index is 0.120. The molecular formula is C19H20N2O4. The highest BCUT2D eigenvalue weighted by atomic mass is 16.6. The van der Waals surface area contributed by atoms with E-state index in [4.69, 9.17) is 9.47 Å². The third kappa shape index (κ3) is 4.29. The predicted molar refractivity (Wildman–Crippen MR) is 95.1 cm³/mol. The van der Waals surface area contributed by atoms with Crippen LogP contribution in [0.2, 0.25) is 0 Å². The molecule has 130 valence electrons. The molecule has 0 unspecified atom stereocenters. The van der Waals surface area contributed by atoms with Crippen LogP contribution in [0.4, 0.5) is 16.2 Å². The zero-order valence-corrected chi connectivity index (χ0v) is 14.0. The maximum atomic E-state index is 12.2. The van der Waals surface area contributed by atoms with Gasteiger partial charge in [-0.25, -0.2) is 4.79 Å². The van der Waals surface area contributed by atoms with Crippen molar-refractivity contribution in [2.75, 3.05) is 30.0 Å². The molecule has 3 rings (SSSR count). The van der Waals surface area contributed by atoms with Crippen molar-refractivity contribution in [1.82, 2.24) is 0 Å². The van der Waals surface area contributed by atoms with E-state index in [2.05, 4.69) is 5.32 Å². The number of hydrogen-bond acceptors (Lipinski definition) is 4. The molecular weight excluding hydrogens is 320 g/mol. The van der Waals surface area contributed by atoms with Gasteiger partial charge in [-0.2, -0.15) is 0 Å². The van der Waals surface area contributed by atoms with Gasteiger partial charge < -0.3 is 14.8 Å². The van der Waals surface area contributed by atoms with E-state index in [1.54, 1.807) is 23.1 Å². The Hall–Kier alpha value is -3.02. The molecule has 25 heavy (non-hydrogen) atoms. The van der Waals surface area contributed by atoms with Crippen molar-refractivity contribution in [2.24, 2.45) is 0 Å². The van der Waals surface area contributed by atoms with E-state index in [9.17, 15) is 9.59 Å². The first kappa shape index (κ1) is 16.8. The first-order valence-corrected chi connectivity index (χ1v) is 8.21. The quantitative estimate of drug-likeness (QED) is 0.877. The third-order valence-electron chi connectivity index (χ3n) is 3.80.